The Hall–Kier alpha value is -1.64. The molecule has 2 aromatic rings. The monoisotopic (exact) mass is 392 g/mol. The lowest BCUT2D eigenvalue weighted by atomic mass is 9.72. The van der Waals surface area contributed by atoms with Gasteiger partial charge in [0, 0.05) is 12.1 Å². The highest BCUT2D eigenvalue weighted by molar-refractivity contribution is 5.41. The number of benzene rings is 2. The molecule has 1 saturated heterocycles. The van der Waals surface area contributed by atoms with Gasteiger partial charge in [-0.15, -0.1) is 0 Å². The van der Waals surface area contributed by atoms with Gasteiger partial charge in [0.1, 0.15) is 0 Å². The molecular weight excluding hydrogens is 352 g/mol. The van der Waals surface area contributed by atoms with Crippen LogP contribution in [0.2, 0.25) is 0 Å². The lowest BCUT2D eigenvalue weighted by molar-refractivity contribution is 0.0689. The van der Waals surface area contributed by atoms with Crippen molar-refractivity contribution in [2.24, 2.45) is 10.8 Å². The first-order valence-electron chi connectivity index (χ1n) is 11.0. The van der Waals surface area contributed by atoms with E-state index in [0.717, 1.165) is 6.67 Å². The Kier molecular flexibility index (Phi) is 6.00. The molecule has 0 aliphatic carbocycles. The number of nitrogens with zero attached hydrogens (tertiary/aromatic N) is 2. The first-order valence-corrected chi connectivity index (χ1v) is 11.0. The van der Waals surface area contributed by atoms with Crippen molar-refractivity contribution >= 4 is 0 Å². The predicted molar refractivity (Wildman–Crippen MR) is 125 cm³/mol. The summed E-state index contributed by atoms with van der Waals surface area (Å²) in [5.41, 5.74) is 5.99. The van der Waals surface area contributed by atoms with Crippen molar-refractivity contribution in [3.8, 4) is 0 Å². The second-order valence-corrected chi connectivity index (χ2v) is 11.2. The number of rotatable bonds is 3. The minimum absolute atomic E-state index is 0.173. The molecule has 0 amide bonds. The molecule has 0 radical (unpaired) electrons. The minimum atomic E-state index is 0.173. The molecule has 29 heavy (non-hydrogen) atoms. The highest BCUT2D eigenvalue weighted by atomic mass is 15.4. The average molecular weight is 393 g/mol. The fraction of sp³-hybridized carbons (Fsp3) is 0.556. The van der Waals surface area contributed by atoms with Crippen LogP contribution in [0.5, 0.6) is 0 Å². The molecule has 0 spiro atoms. The second-order valence-electron chi connectivity index (χ2n) is 11.2. The third-order valence-electron chi connectivity index (χ3n) is 6.59. The van der Waals surface area contributed by atoms with Crippen molar-refractivity contribution in [2.75, 3.05) is 13.7 Å². The van der Waals surface area contributed by atoms with Gasteiger partial charge in [0.15, 0.2) is 0 Å². The Labute approximate surface area is 178 Å². The van der Waals surface area contributed by atoms with Crippen molar-refractivity contribution in [3.63, 3.8) is 0 Å². The Bertz CT molecular complexity index is 795. The van der Waals surface area contributed by atoms with Crippen LogP contribution in [-0.4, -0.2) is 35.6 Å². The highest BCUT2D eigenvalue weighted by Crippen LogP contribution is 2.47. The first-order chi connectivity index (χ1) is 13.4. The summed E-state index contributed by atoms with van der Waals surface area (Å²) < 4.78 is 0. The van der Waals surface area contributed by atoms with Gasteiger partial charge in [-0.2, -0.15) is 0 Å². The van der Waals surface area contributed by atoms with E-state index in [1.54, 1.807) is 0 Å². The van der Waals surface area contributed by atoms with Gasteiger partial charge in [0.25, 0.3) is 0 Å². The third-order valence-corrected chi connectivity index (χ3v) is 6.59. The molecule has 3 rings (SSSR count). The predicted octanol–water partition coefficient (Wildman–Crippen LogP) is 6.43. The third kappa shape index (κ3) is 4.29. The smallest absolute Gasteiger partial charge is 0.0622 e. The lowest BCUT2D eigenvalue weighted by Crippen LogP contribution is -2.52. The van der Waals surface area contributed by atoms with Crippen LogP contribution in [0.15, 0.2) is 48.5 Å². The molecule has 2 nitrogen and oxygen atoms in total. The highest BCUT2D eigenvalue weighted by Gasteiger charge is 2.51. The molecule has 1 heterocycles. The fourth-order valence-electron chi connectivity index (χ4n) is 5.52. The molecule has 1 fully saturated rings. The van der Waals surface area contributed by atoms with Crippen molar-refractivity contribution < 1.29 is 0 Å². The van der Waals surface area contributed by atoms with Crippen molar-refractivity contribution in [2.45, 2.75) is 73.5 Å². The summed E-state index contributed by atoms with van der Waals surface area (Å²) in [6, 6.07) is 19.1. The van der Waals surface area contributed by atoms with Crippen LogP contribution in [0.4, 0.5) is 0 Å². The van der Waals surface area contributed by atoms with E-state index in [4.69, 9.17) is 0 Å². The molecule has 1 aliphatic rings. The molecule has 2 aromatic carbocycles. The number of hydrogen-bond donors (Lipinski definition) is 0. The maximum atomic E-state index is 2.78. The molecular formula is C27H40N2. The van der Waals surface area contributed by atoms with E-state index in [0.29, 0.717) is 12.1 Å². The Morgan fingerprint density at radius 3 is 1.52 bits per heavy atom. The zero-order valence-electron chi connectivity index (χ0n) is 20.0. The van der Waals surface area contributed by atoms with Gasteiger partial charge < -0.3 is 0 Å². The van der Waals surface area contributed by atoms with Crippen LogP contribution in [0.1, 0.15) is 69.8 Å². The molecule has 0 saturated carbocycles. The lowest BCUT2D eigenvalue weighted by Gasteiger charge is -2.46. The van der Waals surface area contributed by atoms with Crippen LogP contribution < -0.4 is 0 Å². The molecule has 0 N–H and O–H groups in total. The maximum Gasteiger partial charge on any atom is 0.0622 e. The van der Waals surface area contributed by atoms with Crippen LogP contribution in [0.25, 0.3) is 0 Å². The average Bonchev–Trinajstić information content (AvgIpc) is 2.96. The van der Waals surface area contributed by atoms with Gasteiger partial charge in [0.05, 0.1) is 12.7 Å². The molecule has 2 atom stereocenters. The number of hydrogen-bond acceptors (Lipinski definition) is 2. The summed E-state index contributed by atoms with van der Waals surface area (Å²) >= 11 is 0. The van der Waals surface area contributed by atoms with Crippen molar-refractivity contribution in [1.29, 1.82) is 0 Å². The van der Waals surface area contributed by atoms with Gasteiger partial charge in [-0.3, -0.25) is 9.80 Å². The van der Waals surface area contributed by atoms with Crippen LogP contribution in [0, 0.1) is 24.7 Å². The van der Waals surface area contributed by atoms with E-state index >= 15 is 0 Å². The van der Waals surface area contributed by atoms with Crippen molar-refractivity contribution in [1.82, 2.24) is 9.80 Å². The minimum Gasteiger partial charge on any atom is -0.288 e. The second kappa shape index (κ2) is 7.89. The summed E-state index contributed by atoms with van der Waals surface area (Å²) in [4.78, 5) is 5.36. The zero-order valence-corrected chi connectivity index (χ0v) is 20.0. The normalized spacial score (nSPS) is 21.9. The summed E-state index contributed by atoms with van der Waals surface area (Å²) in [6.45, 7) is 19.9. The Morgan fingerprint density at radius 1 is 0.724 bits per heavy atom. The summed E-state index contributed by atoms with van der Waals surface area (Å²) in [5.74, 6) is 0. The maximum absolute atomic E-state index is 2.78. The Morgan fingerprint density at radius 2 is 1.14 bits per heavy atom. The van der Waals surface area contributed by atoms with E-state index < -0.39 is 0 Å². The number of aryl methyl sites for hydroxylation is 2. The fourth-order valence-corrected chi connectivity index (χ4v) is 5.52. The molecule has 158 valence electrons. The SMILES string of the molecule is Cc1ccccc1C(c1ccccc1C)N1CN(C)[C@H](C(C)(C)C)[C@H]1C(C)(C)C. The molecule has 0 aromatic heterocycles. The topological polar surface area (TPSA) is 6.48 Å². The summed E-state index contributed by atoms with van der Waals surface area (Å²) in [6.07, 6.45) is 0. The van der Waals surface area contributed by atoms with Gasteiger partial charge in [-0.1, -0.05) is 90.1 Å². The molecule has 1 aliphatic heterocycles. The van der Waals surface area contributed by atoms with E-state index in [9.17, 15) is 0 Å². The molecule has 2 heteroatoms. The molecule has 0 bridgehead atoms. The number of likely N-dealkylation sites (N-methyl/N-ethyl adjacent to an activating group) is 1. The Balaban J connectivity index is 2.22. The molecule has 0 unspecified atom stereocenters. The van der Waals surface area contributed by atoms with Crippen LogP contribution >= 0.6 is 0 Å². The van der Waals surface area contributed by atoms with Gasteiger partial charge in [0.2, 0.25) is 0 Å². The van der Waals surface area contributed by atoms with E-state index in [2.05, 4.69) is 121 Å². The summed E-state index contributed by atoms with van der Waals surface area (Å²) in [5, 5.41) is 0. The van der Waals surface area contributed by atoms with E-state index in [1.165, 1.54) is 22.3 Å². The van der Waals surface area contributed by atoms with Gasteiger partial charge in [-0.05, 0) is 54.0 Å². The largest absolute Gasteiger partial charge is 0.288 e. The van der Waals surface area contributed by atoms with E-state index in [-0.39, 0.29) is 16.9 Å². The van der Waals surface area contributed by atoms with Gasteiger partial charge >= 0.3 is 0 Å². The van der Waals surface area contributed by atoms with Crippen LogP contribution in [-0.2, 0) is 0 Å². The van der Waals surface area contributed by atoms with Gasteiger partial charge in [-0.25, -0.2) is 0 Å². The first kappa shape index (κ1) is 22.1. The zero-order chi connectivity index (χ0) is 21.6. The summed E-state index contributed by atoms with van der Waals surface area (Å²) in [7, 11) is 2.31. The van der Waals surface area contributed by atoms with Crippen LogP contribution in [0.3, 0.4) is 0 Å². The van der Waals surface area contributed by atoms with E-state index in [1.807, 2.05) is 0 Å². The quantitative estimate of drug-likeness (QED) is 0.594. The van der Waals surface area contributed by atoms with Crippen molar-refractivity contribution in [3.05, 3.63) is 70.8 Å². The standard InChI is InChI=1S/C27H40N2/c1-19-14-10-12-16-21(19)23(22-17-13-11-15-20(22)2)29-18-28(9)24(26(3,4)5)25(29)27(6,7)8/h10-17,23-25H,18H2,1-9H3/t24-,25-/m0/s1.